The Bertz CT molecular complexity index is 477. The summed E-state index contributed by atoms with van der Waals surface area (Å²) < 4.78 is 0. The minimum Gasteiger partial charge on any atom is -0.379 e. The van der Waals surface area contributed by atoms with E-state index in [1.54, 1.807) is 11.3 Å². The van der Waals surface area contributed by atoms with Crippen LogP contribution in [-0.4, -0.2) is 4.98 Å². The highest BCUT2D eigenvalue weighted by atomic mass is 32.1. The molecule has 1 N–H and O–H groups in total. The van der Waals surface area contributed by atoms with Crippen LogP contribution in [0.15, 0.2) is 29.8 Å². The van der Waals surface area contributed by atoms with Gasteiger partial charge >= 0.3 is 0 Å². The molecule has 0 amide bonds. The van der Waals surface area contributed by atoms with Crippen molar-refractivity contribution in [3.63, 3.8) is 0 Å². The molecule has 1 aliphatic rings. The summed E-state index contributed by atoms with van der Waals surface area (Å²) in [5.41, 5.74) is 3.87. The largest absolute Gasteiger partial charge is 0.379 e. The van der Waals surface area contributed by atoms with E-state index in [-0.39, 0.29) is 0 Å². The summed E-state index contributed by atoms with van der Waals surface area (Å²) in [6, 6.07) is 6.49. The number of nitrogens with one attached hydrogen (secondary N) is 1. The van der Waals surface area contributed by atoms with Gasteiger partial charge in [-0.3, -0.25) is 4.98 Å². The second kappa shape index (κ2) is 4.26. The van der Waals surface area contributed by atoms with E-state index in [0.29, 0.717) is 0 Å². The number of aromatic nitrogens is 1. The third kappa shape index (κ3) is 1.95. The first kappa shape index (κ1) is 9.85. The third-order valence-electron chi connectivity index (χ3n) is 2.97. The van der Waals surface area contributed by atoms with Crippen molar-refractivity contribution < 1.29 is 0 Å². The van der Waals surface area contributed by atoms with Crippen LogP contribution in [0.2, 0.25) is 0 Å². The fraction of sp³-hybridized carbons (Fsp3) is 0.308. The molecule has 2 heterocycles. The number of pyridine rings is 1. The van der Waals surface area contributed by atoms with Crippen molar-refractivity contribution in [1.29, 1.82) is 0 Å². The SMILES string of the molecule is c1csc(CNc2cnc3c(c2)CCC3)c1. The lowest BCUT2D eigenvalue weighted by Gasteiger charge is -2.06. The van der Waals surface area contributed by atoms with Crippen molar-refractivity contribution in [2.75, 3.05) is 5.32 Å². The number of fused-ring (bicyclic) bond motifs is 1. The first-order valence-corrected chi connectivity index (χ1v) is 6.54. The van der Waals surface area contributed by atoms with Gasteiger partial charge in [-0.1, -0.05) is 6.07 Å². The molecule has 0 bridgehead atoms. The first-order chi connectivity index (χ1) is 7.92. The second-order valence-electron chi connectivity index (χ2n) is 4.12. The molecule has 0 aliphatic heterocycles. The molecule has 3 heteroatoms. The molecule has 3 rings (SSSR count). The van der Waals surface area contributed by atoms with E-state index in [1.165, 1.54) is 29.0 Å². The van der Waals surface area contributed by atoms with Crippen LogP contribution in [0.1, 0.15) is 22.6 Å². The van der Waals surface area contributed by atoms with Crippen LogP contribution in [0.3, 0.4) is 0 Å². The average Bonchev–Trinajstić information content (AvgIpc) is 2.97. The quantitative estimate of drug-likeness (QED) is 0.875. The van der Waals surface area contributed by atoms with Gasteiger partial charge in [-0.2, -0.15) is 0 Å². The van der Waals surface area contributed by atoms with E-state index in [4.69, 9.17) is 0 Å². The predicted molar refractivity (Wildman–Crippen MR) is 67.9 cm³/mol. The van der Waals surface area contributed by atoms with E-state index in [0.717, 1.165) is 18.7 Å². The molecule has 0 unspecified atom stereocenters. The van der Waals surface area contributed by atoms with Crippen LogP contribution in [0.4, 0.5) is 5.69 Å². The molecule has 1 aliphatic carbocycles. The Balaban J connectivity index is 1.71. The minimum atomic E-state index is 0.901. The zero-order chi connectivity index (χ0) is 10.8. The molecule has 82 valence electrons. The molecule has 2 nitrogen and oxygen atoms in total. The molecular weight excluding hydrogens is 216 g/mol. The molecule has 0 saturated heterocycles. The van der Waals surface area contributed by atoms with Crippen molar-refractivity contribution in [3.05, 3.63) is 45.9 Å². The fourth-order valence-corrected chi connectivity index (χ4v) is 2.77. The summed E-state index contributed by atoms with van der Waals surface area (Å²) >= 11 is 1.78. The van der Waals surface area contributed by atoms with Gasteiger partial charge < -0.3 is 5.32 Å². The molecular formula is C13H14N2S. The monoisotopic (exact) mass is 230 g/mol. The van der Waals surface area contributed by atoms with Gasteiger partial charge in [0.1, 0.15) is 0 Å². The zero-order valence-corrected chi connectivity index (χ0v) is 9.89. The molecule has 0 radical (unpaired) electrons. The first-order valence-electron chi connectivity index (χ1n) is 5.66. The van der Waals surface area contributed by atoms with E-state index in [9.17, 15) is 0 Å². The van der Waals surface area contributed by atoms with Crippen LogP contribution >= 0.6 is 11.3 Å². The Morgan fingerprint density at radius 1 is 1.38 bits per heavy atom. The topological polar surface area (TPSA) is 24.9 Å². The lowest BCUT2D eigenvalue weighted by Crippen LogP contribution is -1.99. The maximum atomic E-state index is 4.50. The molecule has 0 saturated carbocycles. The van der Waals surface area contributed by atoms with Crippen molar-refractivity contribution in [2.45, 2.75) is 25.8 Å². The fourth-order valence-electron chi connectivity index (χ4n) is 2.13. The van der Waals surface area contributed by atoms with Crippen molar-refractivity contribution in [2.24, 2.45) is 0 Å². The van der Waals surface area contributed by atoms with E-state index >= 15 is 0 Å². The molecule has 0 atom stereocenters. The Morgan fingerprint density at radius 2 is 2.38 bits per heavy atom. The van der Waals surface area contributed by atoms with Crippen molar-refractivity contribution in [3.8, 4) is 0 Å². The van der Waals surface area contributed by atoms with Gasteiger partial charge in [0.2, 0.25) is 0 Å². The summed E-state index contributed by atoms with van der Waals surface area (Å²) in [6.07, 6.45) is 5.56. The summed E-state index contributed by atoms with van der Waals surface area (Å²) in [6.45, 7) is 0.901. The van der Waals surface area contributed by atoms with Crippen LogP contribution in [-0.2, 0) is 19.4 Å². The smallest absolute Gasteiger partial charge is 0.0532 e. The molecule has 0 aromatic carbocycles. The van der Waals surface area contributed by atoms with E-state index in [2.05, 4.69) is 33.9 Å². The summed E-state index contributed by atoms with van der Waals surface area (Å²) in [5, 5.41) is 5.53. The highest BCUT2D eigenvalue weighted by molar-refractivity contribution is 7.09. The molecule has 2 aromatic heterocycles. The molecule has 0 fully saturated rings. The Kier molecular flexibility index (Phi) is 2.62. The third-order valence-corrected chi connectivity index (χ3v) is 3.84. The Morgan fingerprint density at radius 3 is 3.25 bits per heavy atom. The molecule has 2 aromatic rings. The van der Waals surface area contributed by atoms with Crippen LogP contribution in [0.25, 0.3) is 0 Å². The Hall–Kier alpha value is -1.35. The Labute approximate surface area is 99.4 Å². The van der Waals surface area contributed by atoms with Crippen molar-refractivity contribution >= 4 is 17.0 Å². The van der Waals surface area contributed by atoms with Crippen LogP contribution < -0.4 is 5.32 Å². The minimum absolute atomic E-state index is 0.901. The molecule has 0 spiro atoms. The molecule has 16 heavy (non-hydrogen) atoms. The zero-order valence-electron chi connectivity index (χ0n) is 9.07. The number of nitrogens with zero attached hydrogens (tertiary/aromatic N) is 1. The standard InChI is InChI=1S/C13H14N2S/c1-3-10-7-11(8-15-13(10)5-1)14-9-12-4-2-6-16-12/h2,4,6-8,14H,1,3,5,9H2. The van der Waals surface area contributed by atoms with Gasteiger partial charge in [0.15, 0.2) is 0 Å². The summed E-state index contributed by atoms with van der Waals surface area (Å²) in [5.74, 6) is 0. The highest BCUT2D eigenvalue weighted by Gasteiger charge is 2.11. The number of thiophene rings is 1. The number of hydrogen-bond donors (Lipinski definition) is 1. The normalized spacial score (nSPS) is 13.8. The number of anilines is 1. The maximum absolute atomic E-state index is 4.50. The van der Waals surface area contributed by atoms with Gasteiger partial charge in [-0.25, -0.2) is 0 Å². The average molecular weight is 230 g/mol. The second-order valence-corrected chi connectivity index (χ2v) is 5.15. The van der Waals surface area contributed by atoms with E-state index < -0.39 is 0 Å². The van der Waals surface area contributed by atoms with Gasteiger partial charge in [0.25, 0.3) is 0 Å². The summed E-state index contributed by atoms with van der Waals surface area (Å²) in [7, 11) is 0. The van der Waals surface area contributed by atoms with Gasteiger partial charge in [0, 0.05) is 17.1 Å². The number of aryl methyl sites for hydroxylation is 2. The van der Waals surface area contributed by atoms with Gasteiger partial charge in [0.05, 0.1) is 11.9 Å². The number of hydrogen-bond acceptors (Lipinski definition) is 3. The van der Waals surface area contributed by atoms with E-state index in [1.807, 2.05) is 6.20 Å². The lowest BCUT2D eigenvalue weighted by atomic mass is 10.2. The van der Waals surface area contributed by atoms with Gasteiger partial charge in [-0.15, -0.1) is 11.3 Å². The predicted octanol–water partition coefficient (Wildman–Crippen LogP) is 3.24. The number of rotatable bonds is 3. The maximum Gasteiger partial charge on any atom is 0.0532 e. The highest BCUT2D eigenvalue weighted by Crippen LogP contribution is 2.23. The van der Waals surface area contributed by atoms with Crippen LogP contribution in [0.5, 0.6) is 0 Å². The lowest BCUT2D eigenvalue weighted by molar-refractivity contribution is 0.899. The van der Waals surface area contributed by atoms with Gasteiger partial charge in [-0.05, 0) is 42.3 Å². The summed E-state index contributed by atoms with van der Waals surface area (Å²) in [4.78, 5) is 5.86. The van der Waals surface area contributed by atoms with Crippen LogP contribution in [0, 0.1) is 0 Å². The van der Waals surface area contributed by atoms with Crippen molar-refractivity contribution in [1.82, 2.24) is 4.98 Å².